The van der Waals surface area contributed by atoms with Crippen molar-refractivity contribution in [2.45, 2.75) is 114 Å². The molecule has 2 saturated carbocycles. The van der Waals surface area contributed by atoms with Crippen LogP contribution in [0.25, 0.3) is 0 Å². The number of carbonyl (C=O) groups is 1. The highest BCUT2D eigenvalue weighted by molar-refractivity contribution is 7.85. The second kappa shape index (κ2) is 10.3. The molecule has 0 unspecified atom stereocenters. The van der Waals surface area contributed by atoms with Crippen LogP contribution in [0.3, 0.4) is 0 Å². The Labute approximate surface area is 216 Å². The first kappa shape index (κ1) is 26.9. The van der Waals surface area contributed by atoms with E-state index in [4.69, 9.17) is 4.74 Å². The molecular weight excluding hydrogens is 472 g/mol. The summed E-state index contributed by atoms with van der Waals surface area (Å²) >= 11 is 0. The molecule has 0 amide bonds. The maximum absolute atomic E-state index is 13.4. The molecule has 0 heterocycles. The van der Waals surface area contributed by atoms with Crippen LogP contribution in [0.15, 0.2) is 35.2 Å². The van der Waals surface area contributed by atoms with Gasteiger partial charge in [-0.15, -0.1) is 0 Å². The standard InChI is InChI=1S/C30H40O5S/c1-19(2)25-16-22(30(3,4)5)14-15-24(25)29(31)35-23-17-26(20-10-6-7-11-20)28(36(32,33)34)27(18-23)21-12-8-9-13-21/h14-21H,6-13H2,1-5H3,(H,32,33,34)/p-1. The maximum Gasteiger partial charge on any atom is 0.343 e. The molecule has 0 atom stereocenters. The van der Waals surface area contributed by atoms with Crippen LogP contribution in [-0.4, -0.2) is 18.9 Å². The highest BCUT2D eigenvalue weighted by Gasteiger charge is 2.30. The van der Waals surface area contributed by atoms with Gasteiger partial charge in [-0.05, 0) is 89.3 Å². The van der Waals surface area contributed by atoms with Gasteiger partial charge in [0.05, 0.1) is 10.5 Å². The van der Waals surface area contributed by atoms with E-state index in [1.165, 1.54) is 0 Å². The predicted molar refractivity (Wildman–Crippen MR) is 141 cm³/mol. The van der Waals surface area contributed by atoms with Gasteiger partial charge in [0, 0.05) is 0 Å². The molecule has 2 aromatic carbocycles. The molecule has 0 N–H and O–H groups in total. The molecule has 4 rings (SSSR count). The summed E-state index contributed by atoms with van der Waals surface area (Å²) in [5, 5.41) is 0. The topological polar surface area (TPSA) is 83.5 Å². The number of benzene rings is 2. The zero-order valence-electron chi connectivity index (χ0n) is 22.2. The van der Waals surface area contributed by atoms with E-state index >= 15 is 0 Å². The molecule has 2 fully saturated rings. The van der Waals surface area contributed by atoms with Gasteiger partial charge in [-0.1, -0.05) is 72.4 Å². The van der Waals surface area contributed by atoms with Crippen molar-refractivity contribution >= 4 is 16.1 Å². The lowest BCUT2D eigenvalue weighted by molar-refractivity contribution is 0.0732. The van der Waals surface area contributed by atoms with Crippen LogP contribution < -0.4 is 4.74 Å². The second-order valence-electron chi connectivity index (χ2n) is 11.9. The van der Waals surface area contributed by atoms with Crippen molar-refractivity contribution in [2.75, 3.05) is 0 Å². The number of carbonyl (C=O) groups excluding carboxylic acids is 1. The monoisotopic (exact) mass is 511 g/mol. The molecule has 0 radical (unpaired) electrons. The Morgan fingerprint density at radius 3 is 1.83 bits per heavy atom. The van der Waals surface area contributed by atoms with Crippen LogP contribution in [0.5, 0.6) is 5.75 Å². The van der Waals surface area contributed by atoms with E-state index in [1.54, 1.807) is 12.1 Å². The molecule has 2 aliphatic rings. The Bertz CT molecular complexity index is 1190. The van der Waals surface area contributed by atoms with Gasteiger partial charge in [-0.3, -0.25) is 0 Å². The van der Waals surface area contributed by atoms with Crippen molar-refractivity contribution in [3.63, 3.8) is 0 Å². The number of hydrogen-bond donors (Lipinski definition) is 0. The summed E-state index contributed by atoms with van der Waals surface area (Å²) in [7, 11) is -4.66. The number of esters is 1. The first-order valence-corrected chi connectivity index (χ1v) is 14.8. The van der Waals surface area contributed by atoms with Crippen LogP contribution in [-0.2, 0) is 15.5 Å². The third-order valence-corrected chi connectivity index (χ3v) is 8.90. The summed E-state index contributed by atoms with van der Waals surface area (Å²) in [4.78, 5) is 13.4. The summed E-state index contributed by atoms with van der Waals surface area (Å²) in [6.45, 7) is 10.5. The Morgan fingerprint density at radius 1 is 0.917 bits per heavy atom. The first-order chi connectivity index (χ1) is 16.9. The van der Waals surface area contributed by atoms with E-state index in [0.29, 0.717) is 22.4 Å². The van der Waals surface area contributed by atoms with Gasteiger partial charge in [0.15, 0.2) is 0 Å². The molecule has 0 aliphatic heterocycles. The molecule has 2 aliphatic carbocycles. The van der Waals surface area contributed by atoms with Gasteiger partial charge in [-0.25, -0.2) is 13.2 Å². The third kappa shape index (κ3) is 5.70. The number of ether oxygens (including phenoxy) is 1. The van der Waals surface area contributed by atoms with Gasteiger partial charge in [-0.2, -0.15) is 0 Å². The zero-order valence-corrected chi connectivity index (χ0v) is 23.0. The van der Waals surface area contributed by atoms with E-state index in [1.807, 2.05) is 12.1 Å². The lowest BCUT2D eigenvalue weighted by atomic mass is 9.83. The quantitative estimate of drug-likeness (QED) is 0.227. The van der Waals surface area contributed by atoms with Crippen molar-refractivity contribution in [3.8, 4) is 5.75 Å². The molecule has 0 aromatic heterocycles. The van der Waals surface area contributed by atoms with E-state index in [-0.39, 0.29) is 28.1 Å². The average Bonchev–Trinajstić information content (AvgIpc) is 3.51. The van der Waals surface area contributed by atoms with Crippen LogP contribution >= 0.6 is 0 Å². The fraction of sp³-hybridized carbons (Fsp3) is 0.567. The van der Waals surface area contributed by atoms with Crippen LogP contribution in [0.4, 0.5) is 0 Å². The highest BCUT2D eigenvalue weighted by Crippen LogP contribution is 2.45. The van der Waals surface area contributed by atoms with E-state index in [9.17, 15) is 17.8 Å². The Balaban J connectivity index is 1.78. The molecule has 0 bridgehead atoms. The summed E-state index contributed by atoms with van der Waals surface area (Å²) in [5.41, 5.74) is 3.64. The van der Waals surface area contributed by atoms with Gasteiger partial charge >= 0.3 is 5.97 Å². The van der Waals surface area contributed by atoms with Crippen LogP contribution in [0, 0.1) is 0 Å². The SMILES string of the molecule is CC(C)c1cc(C(C)(C)C)ccc1C(=O)Oc1cc(C2CCCC2)c(S(=O)(=O)[O-])c(C2CCCC2)c1. The second-order valence-corrected chi connectivity index (χ2v) is 13.3. The molecule has 2 aromatic rings. The van der Waals surface area contributed by atoms with Crippen LogP contribution in [0.2, 0.25) is 0 Å². The molecular formula is C30H39O5S-. The normalized spacial score (nSPS) is 17.8. The fourth-order valence-corrected chi connectivity index (χ4v) is 6.96. The van der Waals surface area contributed by atoms with Crippen molar-refractivity contribution in [3.05, 3.63) is 58.1 Å². The van der Waals surface area contributed by atoms with E-state index < -0.39 is 16.1 Å². The fourth-order valence-electron chi connectivity index (χ4n) is 5.93. The van der Waals surface area contributed by atoms with Gasteiger partial charge in [0.2, 0.25) is 0 Å². The summed E-state index contributed by atoms with van der Waals surface area (Å²) in [6, 6.07) is 9.20. The first-order valence-electron chi connectivity index (χ1n) is 13.4. The molecule has 0 spiro atoms. The lowest BCUT2D eigenvalue weighted by Gasteiger charge is -2.25. The van der Waals surface area contributed by atoms with Crippen molar-refractivity contribution in [1.82, 2.24) is 0 Å². The Hall–Kier alpha value is -2.18. The molecule has 6 heteroatoms. The van der Waals surface area contributed by atoms with Crippen molar-refractivity contribution < 1.29 is 22.5 Å². The highest BCUT2D eigenvalue weighted by atomic mass is 32.2. The Kier molecular flexibility index (Phi) is 7.68. The van der Waals surface area contributed by atoms with E-state index in [2.05, 4.69) is 40.7 Å². The van der Waals surface area contributed by atoms with E-state index in [0.717, 1.165) is 62.5 Å². The summed E-state index contributed by atoms with van der Waals surface area (Å²) in [6.07, 6.45) is 7.39. The zero-order chi connectivity index (χ0) is 26.3. The minimum absolute atomic E-state index is 0.000163. The molecule has 36 heavy (non-hydrogen) atoms. The largest absolute Gasteiger partial charge is 0.744 e. The molecule has 0 saturated heterocycles. The minimum atomic E-state index is -4.66. The maximum atomic E-state index is 13.4. The lowest BCUT2D eigenvalue weighted by Crippen LogP contribution is -2.17. The van der Waals surface area contributed by atoms with Gasteiger partial charge in [0.25, 0.3) is 0 Å². The number of hydrogen-bond acceptors (Lipinski definition) is 5. The average molecular weight is 512 g/mol. The number of rotatable bonds is 6. The molecule has 196 valence electrons. The molecule has 5 nitrogen and oxygen atoms in total. The van der Waals surface area contributed by atoms with Gasteiger partial charge in [0.1, 0.15) is 15.9 Å². The minimum Gasteiger partial charge on any atom is -0.744 e. The summed E-state index contributed by atoms with van der Waals surface area (Å²) in [5.74, 6) is 0.0167. The summed E-state index contributed by atoms with van der Waals surface area (Å²) < 4.78 is 43.5. The third-order valence-electron chi connectivity index (χ3n) is 7.93. The van der Waals surface area contributed by atoms with Crippen molar-refractivity contribution in [2.24, 2.45) is 0 Å². The van der Waals surface area contributed by atoms with Crippen molar-refractivity contribution in [1.29, 1.82) is 0 Å². The van der Waals surface area contributed by atoms with Gasteiger partial charge < -0.3 is 9.29 Å². The Morgan fingerprint density at radius 2 is 1.42 bits per heavy atom. The van der Waals surface area contributed by atoms with Crippen LogP contribution in [0.1, 0.15) is 136 Å². The smallest absolute Gasteiger partial charge is 0.343 e. The predicted octanol–water partition coefficient (Wildman–Crippen LogP) is 7.55.